The lowest BCUT2D eigenvalue weighted by atomic mass is 10.1. The van der Waals surface area contributed by atoms with Crippen molar-refractivity contribution in [3.8, 4) is 17.1 Å². The number of nitrogens with one attached hydrogen (secondary N) is 1. The largest absolute Gasteiger partial charge is 0.497 e. The van der Waals surface area contributed by atoms with Gasteiger partial charge in [-0.1, -0.05) is 18.2 Å². The number of aromatic nitrogens is 2. The molecule has 2 aromatic heterocycles. The lowest BCUT2D eigenvalue weighted by Gasteiger charge is -2.08. The maximum Gasteiger partial charge on any atom is 0.157 e. The number of para-hydroxylation sites is 1. The average molecular weight is 408 g/mol. The van der Waals surface area contributed by atoms with E-state index >= 15 is 0 Å². The first kappa shape index (κ1) is 18.8. The van der Waals surface area contributed by atoms with Crippen molar-refractivity contribution in [2.75, 3.05) is 12.5 Å². The molecular weight excluding hydrogens is 388 g/mol. The van der Waals surface area contributed by atoms with Gasteiger partial charge in [-0.05, 0) is 61.0 Å². The molecule has 6 nitrogen and oxygen atoms in total. The number of aryl methyl sites for hydroxylation is 1. The monoisotopic (exact) mass is 408 g/mol. The number of ether oxygens (including phenoxy) is 1. The second kappa shape index (κ2) is 7.91. The topological polar surface area (TPSA) is 72.5 Å². The normalized spacial score (nSPS) is 11.7. The van der Waals surface area contributed by atoms with E-state index in [2.05, 4.69) is 20.5 Å². The van der Waals surface area contributed by atoms with E-state index in [0.717, 1.165) is 44.1 Å². The number of nitrogens with zero attached hydrogens (tertiary/aromatic N) is 3. The van der Waals surface area contributed by atoms with Gasteiger partial charge in [0, 0.05) is 22.4 Å². The minimum absolute atomic E-state index is 0.651. The standard InChI is InChI=1S/C25H20N4O2/c1-16-7-12-19-22(28-29-25-20-5-3-4-6-21(20)26-15-27-25)14-23(31-24(19)13-16)17-8-10-18(30-2)11-9-17/h3-15H,1-2H3,(H,26,27,29)/b28-22+. The van der Waals surface area contributed by atoms with E-state index in [-0.39, 0.29) is 0 Å². The lowest BCUT2D eigenvalue weighted by molar-refractivity contribution is 0.415. The van der Waals surface area contributed by atoms with Crippen LogP contribution in [0.1, 0.15) is 5.56 Å². The van der Waals surface area contributed by atoms with Crippen molar-refractivity contribution in [3.63, 3.8) is 0 Å². The Labute approximate surface area is 178 Å². The summed E-state index contributed by atoms with van der Waals surface area (Å²) in [5.41, 5.74) is 6.80. The van der Waals surface area contributed by atoms with Crippen LogP contribution in [-0.2, 0) is 0 Å². The van der Waals surface area contributed by atoms with Crippen molar-refractivity contribution in [3.05, 3.63) is 90.0 Å². The number of benzene rings is 3. The van der Waals surface area contributed by atoms with Crippen LogP contribution in [0.15, 0.2) is 88.6 Å². The number of hydrogen-bond acceptors (Lipinski definition) is 6. The maximum absolute atomic E-state index is 6.21. The molecule has 0 saturated carbocycles. The van der Waals surface area contributed by atoms with E-state index in [9.17, 15) is 0 Å². The van der Waals surface area contributed by atoms with Crippen LogP contribution in [-0.4, -0.2) is 17.1 Å². The van der Waals surface area contributed by atoms with Crippen molar-refractivity contribution in [2.24, 2.45) is 5.10 Å². The summed E-state index contributed by atoms with van der Waals surface area (Å²) in [4.78, 5) is 8.67. The van der Waals surface area contributed by atoms with Gasteiger partial charge in [-0.2, -0.15) is 5.10 Å². The van der Waals surface area contributed by atoms with Gasteiger partial charge >= 0.3 is 0 Å². The summed E-state index contributed by atoms with van der Waals surface area (Å²) in [6.45, 7) is 2.04. The summed E-state index contributed by atoms with van der Waals surface area (Å²) in [7, 11) is 1.65. The lowest BCUT2D eigenvalue weighted by Crippen LogP contribution is -2.08. The summed E-state index contributed by atoms with van der Waals surface area (Å²) >= 11 is 0. The van der Waals surface area contributed by atoms with Gasteiger partial charge in [0.1, 0.15) is 23.4 Å². The molecule has 5 rings (SSSR count). The molecule has 0 atom stereocenters. The Hall–Kier alpha value is -4.19. The molecule has 31 heavy (non-hydrogen) atoms. The molecule has 0 fully saturated rings. The van der Waals surface area contributed by atoms with Crippen LogP contribution >= 0.6 is 0 Å². The maximum atomic E-state index is 6.21. The van der Waals surface area contributed by atoms with E-state index in [4.69, 9.17) is 9.15 Å². The number of fused-ring (bicyclic) bond motifs is 2. The molecule has 0 radical (unpaired) electrons. The Morgan fingerprint density at radius 3 is 2.58 bits per heavy atom. The molecule has 0 bridgehead atoms. The third kappa shape index (κ3) is 3.71. The fraction of sp³-hybridized carbons (Fsp3) is 0.0800. The van der Waals surface area contributed by atoms with Crippen LogP contribution < -0.4 is 15.5 Å². The first-order valence-electron chi connectivity index (χ1n) is 9.90. The molecule has 0 saturated heterocycles. The van der Waals surface area contributed by atoms with Gasteiger partial charge in [0.2, 0.25) is 0 Å². The summed E-state index contributed by atoms with van der Waals surface area (Å²) in [5, 5.41) is 7.26. The molecule has 1 N–H and O–H groups in total. The molecular formula is C25H20N4O2. The van der Waals surface area contributed by atoms with Gasteiger partial charge < -0.3 is 9.15 Å². The SMILES string of the molecule is COc1ccc(-c2c/c(=N\Nc3ncnc4ccccc34)c3ccc(C)cc3o2)cc1. The van der Waals surface area contributed by atoms with Crippen LogP contribution in [0.2, 0.25) is 0 Å². The summed E-state index contributed by atoms with van der Waals surface area (Å²) in [6, 6.07) is 23.6. The predicted molar refractivity (Wildman–Crippen MR) is 122 cm³/mol. The Balaban J connectivity index is 1.65. The van der Waals surface area contributed by atoms with Gasteiger partial charge in [-0.25, -0.2) is 9.97 Å². The van der Waals surface area contributed by atoms with Gasteiger partial charge in [-0.3, -0.25) is 5.43 Å². The molecule has 0 unspecified atom stereocenters. The summed E-state index contributed by atoms with van der Waals surface area (Å²) in [6.07, 6.45) is 1.53. The molecule has 3 aromatic carbocycles. The molecule has 6 heteroatoms. The van der Waals surface area contributed by atoms with Crippen molar-refractivity contribution >= 4 is 27.7 Å². The third-order valence-corrected chi connectivity index (χ3v) is 5.10. The quantitative estimate of drug-likeness (QED) is 0.409. The zero-order valence-electron chi connectivity index (χ0n) is 17.2. The van der Waals surface area contributed by atoms with Gasteiger partial charge in [-0.15, -0.1) is 0 Å². The predicted octanol–water partition coefficient (Wildman–Crippen LogP) is 5.29. The minimum Gasteiger partial charge on any atom is -0.497 e. The molecule has 0 spiro atoms. The third-order valence-electron chi connectivity index (χ3n) is 5.10. The molecule has 5 aromatic rings. The van der Waals surface area contributed by atoms with Crippen molar-refractivity contribution < 1.29 is 9.15 Å². The molecule has 0 aliphatic heterocycles. The van der Waals surface area contributed by atoms with E-state index in [1.807, 2.05) is 79.7 Å². The highest BCUT2D eigenvalue weighted by molar-refractivity contribution is 5.88. The first-order valence-corrected chi connectivity index (χ1v) is 9.90. The minimum atomic E-state index is 0.651. The van der Waals surface area contributed by atoms with E-state index in [1.165, 1.54) is 6.33 Å². The highest BCUT2D eigenvalue weighted by Gasteiger charge is 2.08. The smallest absolute Gasteiger partial charge is 0.157 e. The van der Waals surface area contributed by atoms with Crippen LogP contribution in [0, 0.1) is 6.92 Å². The molecule has 0 aliphatic carbocycles. The van der Waals surface area contributed by atoms with E-state index < -0.39 is 0 Å². The number of methoxy groups -OCH3 is 1. The number of rotatable bonds is 4. The fourth-order valence-corrected chi connectivity index (χ4v) is 3.47. The van der Waals surface area contributed by atoms with Gasteiger partial charge in [0.15, 0.2) is 5.82 Å². The molecule has 2 heterocycles. The second-order valence-corrected chi connectivity index (χ2v) is 7.19. The van der Waals surface area contributed by atoms with E-state index in [1.54, 1.807) is 7.11 Å². The van der Waals surface area contributed by atoms with Gasteiger partial charge in [0.05, 0.1) is 18.0 Å². The Morgan fingerprint density at radius 1 is 0.903 bits per heavy atom. The molecule has 152 valence electrons. The van der Waals surface area contributed by atoms with Crippen LogP contribution in [0.4, 0.5) is 5.82 Å². The summed E-state index contributed by atoms with van der Waals surface area (Å²) in [5.74, 6) is 2.16. The molecule has 0 aliphatic rings. The fourth-order valence-electron chi connectivity index (χ4n) is 3.47. The van der Waals surface area contributed by atoms with Crippen LogP contribution in [0.25, 0.3) is 33.2 Å². The van der Waals surface area contributed by atoms with Crippen LogP contribution in [0.5, 0.6) is 5.75 Å². The Kier molecular flexibility index (Phi) is 4.80. The van der Waals surface area contributed by atoms with E-state index in [0.29, 0.717) is 11.6 Å². The molecule has 0 amide bonds. The van der Waals surface area contributed by atoms with Crippen molar-refractivity contribution in [1.82, 2.24) is 9.97 Å². The Morgan fingerprint density at radius 2 is 1.74 bits per heavy atom. The Bertz CT molecular complexity index is 1450. The first-order chi connectivity index (χ1) is 15.2. The highest BCUT2D eigenvalue weighted by atomic mass is 16.5. The van der Waals surface area contributed by atoms with Crippen molar-refractivity contribution in [2.45, 2.75) is 6.92 Å². The average Bonchev–Trinajstić information content (AvgIpc) is 2.82. The number of anilines is 1. The van der Waals surface area contributed by atoms with Crippen molar-refractivity contribution in [1.29, 1.82) is 0 Å². The van der Waals surface area contributed by atoms with Gasteiger partial charge in [0.25, 0.3) is 0 Å². The number of hydrogen-bond donors (Lipinski definition) is 1. The zero-order chi connectivity index (χ0) is 21.2. The highest BCUT2D eigenvalue weighted by Crippen LogP contribution is 2.25. The van der Waals surface area contributed by atoms with Crippen LogP contribution in [0.3, 0.4) is 0 Å². The summed E-state index contributed by atoms with van der Waals surface area (Å²) < 4.78 is 11.5. The zero-order valence-corrected chi connectivity index (χ0v) is 17.2. The second-order valence-electron chi connectivity index (χ2n) is 7.19.